The molecule has 3 amide bonds. The van der Waals surface area contributed by atoms with Gasteiger partial charge in [-0.15, -0.1) is 0 Å². The van der Waals surface area contributed by atoms with Crippen LogP contribution < -0.4 is 30.9 Å². The first-order valence-corrected chi connectivity index (χ1v) is 12.6. The van der Waals surface area contributed by atoms with Gasteiger partial charge in [-0.05, 0) is 48.0 Å². The molecule has 3 aromatic carbocycles. The first kappa shape index (κ1) is 28.2. The van der Waals surface area contributed by atoms with Crippen LogP contribution in [0.3, 0.4) is 0 Å². The highest BCUT2D eigenvalue weighted by molar-refractivity contribution is 5.99. The summed E-state index contributed by atoms with van der Waals surface area (Å²) in [5.74, 6) is -0.349. The smallest absolute Gasteiger partial charge is 0.416 e. The summed E-state index contributed by atoms with van der Waals surface area (Å²) in [4.78, 5) is 30.1. The van der Waals surface area contributed by atoms with Gasteiger partial charge in [-0.2, -0.15) is 13.2 Å². The fourth-order valence-corrected chi connectivity index (χ4v) is 4.29. The summed E-state index contributed by atoms with van der Waals surface area (Å²) < 4.78 is 58.6. The number of benzene rings is 3. The summed E-state index contributed by atoms with van der Waals surface area (Å²) in [7, 11) is 0. The lowest BCUT2D eigenvalue weighted by atomic mass is 10.2. The van der Waals surface area contributed by atoms with Crippen molar-refractivity contribution in [2.75, 3.05) is 20.9 Å². The Hall–Kier alpha value is -5.33. The Morgan fingerprint density at radius 3 is 2.43 bits per heavy atom. The lowest BCUT2D eigenvalue weighted by Crippen LogP contribution is -2.48. The third kappa shape index (κ3) is 6.69. The molecule has 1 unspecified atom stereocenters. The van der Waals surface area contributed by atoms with Crippen molar-refractivity contribution < 1.29 is 31.9 Å². The Morgan fingerprint density at radius 2 is 1.74 bits per heavy atom. The van der Waals surface area contributed by atoms with Crippen LogP contribution in [-0.2, 0) is 17.5 Å². The van der Waals surface area contributed by atoms with Gasteiger partial charge >= 0.3 is 12.2 Å². The van der Waals surface area contributed by atoms with E-state index in [-0.39, 0.29) is 11.7 Å². The highest BCUT2D eigenvalue weighted by Crippen LogP contribution is 2.39. The van der Waals surface area contributed by atoms with Crippen LogP contribution in [0.2, 0.25) is 0 Å². The molecule has 5 rings (SSSR count). The van der Waals surface area contributed by atoms with Crippen LogP contribution in [0.25, 0.3) is 0 Å². The van der Waals surface area contributed by atoms with Crippen LogP contribution in [0.4, 0.5) is 45.2 Å². The van der Waals surface area contributed by atoms with E-state index in [1.807, 2.05) is 41.3 Å². The average Bonchev–Trinajstić information content (AvgIpc) is 3.26. The van der Waals surface area contributed by atoms with Crippen molar-refractivity contribution >= 4 is 34.8 Å². The number of aromatic nitrogens is 1. The molecule has 0 saturated heterocycles. The van der Waals surface area contributed by atoms with Gasteiger partial charge in [0.2, 0.25) is 5.91 Å². The molecule has 216 valence electrons. The molecule has 4 N–H and O–H groups in total. The zero-order valence-corrected chi connectivity index (χ0v) is 22.0. The summed E-state index contributed by atoms with van der Waals surface area (Å²) in [6.45, 7) is 2.00. The summed E-state index contributed by atoms with van der Waals surface area (Å²) in [5, 5.41) is 10.6. The predicted octanol–water partition coefficient (Wildman–Crippen LogP) is 6.53. The molecule has 2 heterocycles. The maximum absolute atomic E-state index is 13.9. The van der Waals surface area contributed by atoms with Gasteiger partial charge in [0.05, 0.1) is 28.8 Å². The number of alkyl halides is 3. The highest BCUT2D eigenvalue weighted by atomic mass is 19.4. The number of nitrogens with one attached hydrogen (secondary N) is 4. The minimum Gasteiger partial charge on any atom is -0.456 e. The Morgan fingerprint density at radius 1 is 0.976 bits per heavy atom. The minimum atomic E-state index is -4.69. The van der Waals surface area contributed by atoms with E-state index in [2.05, 4.69) is 26.3 Å². The fourth-order valence-electron chi connectivity index (χ4n) is 4.29. The lowest BCUT2D eigenvalue weighted by molar-refractivity contribution is -0.137. The Balaban J connectivity index is 1.23. The van der Waals surface area contributed by atoms with E-state index in [1.54, 1.807) is 12.1 Å². The van der Waals surface area contributed by atoms with Crippen molar-refractivity contribution in [2.45, 2.75) is 25.9 Å². The molecule has 1 aromatic heterocycles. The number of anilines is 4. The number of carbonyl (C=O) groups is 2. The van der Waals surface area contributed by atoms with Crippen LogP contribution in [0.5, 0.6) is 11.5 Å². The number of pyridine rings is 1. The second-order valence-electron chi connectivity index (χ2n) is 9.29. The molecule has 1 aliphatic heterocycles. The van der Waals surface area contributed by atoms with E-state index in [9.17, 15) is 27.2 Å². The van der Waals surface area contributed by atoms with Crippen molar-refractivity contribution in [1.29, 1.82) is 0 Å². The number of urea groups is 1. The first-order valence-electron chi connectivity index (χ1n) is 12.6. The Bertz CT molecular complexity index is 1600. The van der Waals surface area contributed by atoms with E-state index in [1.165, 1.54) is 25.3 Å². The molecule has 0 spiro atoms. The topological polar surface area (TPSA) is 108 Å². The SMILES string of the molecule is CC(=O)NC1Nc2cc(Oc3ccc(NC(=O)Nc4cc(C(F)(F)F)ccc4F)nc3)ccc2N1Cc1ccccc1. The summed E-state index contributed by atoms with van der Waals surface area (Å²) >= 11 is 0. The number of hydrogen-bond donors (Lipinski definition) is 4. The molecule has 42 heavy (non-hydrogen) atoms. The van der Waals surface area contributed by atoms with E-state index in [4.69, 9.17) is 4.74 Å². The zero-order valence-electron chi connectivity index (χ0n) is 22.0. The normalized spacial score (nSPS) is 14.0. The van der Waals surface area contributed by atoms with Gasteiger partial charge in [-0.1, -0.05) is 30.3 Å². The van der Waals surface area contributed by atoms with Gasteiger partial charge in [-0.25, -0.2) is 14.2 Å². The maximum atomic E-state index is 13.9. The predicted molar refractivity (Wildman–Crippen MR) is 149 cm³/mol. The molecule has 13 heteroatoms. The van der Waals surface area contributed by atoms with Crippen molar-refractivity contribution in [3.63, 3.8) is 0 Å². The Kier molecular flexibility index (Phi) is 7.82. The zero-order chi connectivity index (χ0) is 29.9. The average molecular weight is 581 g/mol. The largest absolute Gasteiger partial charge is 0.456 e. The Labute approximate surface area is 237 Å². The number of rotatable bonds is 7. The van der Waals surface area contributed by atoms with Gasteiger partial charge in [0.15, 0.2) is 6.29 Å². The van der Waals surface area contributed by atoms with E-state index >= 15 is 0 Å². The number of hydrogen-bond acceptors (Lipinski definition) is 6. The van der Waals surface area contributed by atoms with Crippen molar-refractivity contribution in [2.24, 2.45) is 0 Å². The summed E-state index contributed by atoms with van der Waals surface area (Å²) in [5.41, 5.74) is 0.944. The molecule has 0 bridgehead atoms. The molecule has 0 fully saturated rings. The van der Waals surface area contributed by atoms with E-state index < -0.39 is 35.6 Å². The molecule has 1 atom stereocenters. The van der Waals surface area contributed by atoms with E-state index in [0.29, 0.717) is 36.2 Å². The molecule has 1 aliphatic rings. The number of fused-ring (bicyclic) bond motifs is 1. The maximum Gasteiger partial charge on any atom is 0.416 e. The van der Waals surface area contributed by atoms with Crippen molar-refractivity contribution in [3.05, 3.63) is 102 Å². The number of ether oxygens (including phenoxy) is 1. The van der Waals surface area contributed by atoms with Gasteiger partial charge in [-0.3, -0.25) is 10.1 Å². The monoisotopic (exact) mass is 580 g/mol. The van der Waals surface area contributed by atoms with Crippen LogP contribution in [0.1, 0.15) is 18.1 Å². The van der Waals surface area contributed by atoms with Gasteiger partial charge in [0.1, 0.15) is 23.1 Å². The van der Waals surface area contributed by atoms with Crippen molar-refractivity contribution in [1.82, 2.24) is 10.3 Å². The molecule has 0 radical (unpaired) electrons. The fraction of sp³-hybridized carbons (Fsp3) is 0.138. The molecule has 4 aromatic rings. The number of carbonyl (C=O) groups excluding carboxylic acids is 2. The molecule has 0 saturated carbocycles. The van der Waals surface area contributed by atoms with E-state index in [0.717, 1.165) is 16.9 Å². The van der Waals surface area contributed by atoms with Gasteiger partial charge < -0.3 is 25.6 Å². The van der Waals surface area contributed by atoms with Crippen molar-refractivity contribution in [3.8, 4) is 11.5 Å². The third-order valence-corrected chi connectivity index (χ3v) is 6.17. The number of amides is 3. The molecular formula is C29H24F4N6O3. The number of halogens is 4. The van der Waals surface area contributed by atoms with Gasteiger partial charge in [0, 0.05) is 19.5 Å². The lowest BCUT2D eigenvalue weighted by Gasteiger charge is -2.27. The van der Waals surface area contributed by atoms with Gasteiger partial charge in [0.25, 0.3) is 0 Å². The summed E-state index contributed by atoms with van der Waals surface area (Å²) in [6, 6.07) is 18.9. The first-order chi connectivity index (χ1) is 20.0. The molecular weight excluding hydrogens is 556 g/mol. The second kappa shape index (κ2) is 11.6. The standard InChI is InChI=1S/C29H24F4N6O3/c1-17(40)35-27-36-24-14-20(8-11-25(24)39(27)16-18-5-3-2-4-6-18)42-21-9-12-26(34-15-21)38-28(41)37-23-13-19(29(31,32)33)7-10-22(23)30/h2-15,27,36H,16H2,1H3,(H,35,40)(H2,34,37,38,41). The quantitative estimate of drug-likeness (QED) is 0.185. The van der Waals surface area contributed by atoms with Crippen LogP contribution in [0, 0.1) is 5.82 Å². The highest BCUT2D eigenvalue weighted by Gasteiger charge is 2.32. The van der Waals surface area contributed by atoms with Crippen LogP contribution >= 0.6 is 0 Å². The van der Waals surface area contributed by atoms with Crippen LogP contribution in [-0.4, -0.2) is 23.2 Å². The minimum absolute atomic E-state index is 0.0533. The van der Waals surface area contributed by atoms with Crippen LogP contribution in [0.15, 0.2) is 85.1 Å². The molecule has 9 nitrogen and oxygen atoms in total. The molecule has 0 aliphatic carbocycles. The number of nitrogens with zero attached hydrogens (tertiary/aromatic N) is 2. The summed E-state index contributed by atoms with van der Waals surface area (Å²) in [6.07, 6.45) is -3.82. The third-order valence-electron chi connectivity index (χ3n) is 6.17. The second-order valence-corrected chi connectivity index (χ2v) is 9.29.